The van der Waals surface area contributed by atoms with Gasteiger partial charge in [-0.1, -0.05) is 22.0 Å². The molecule has 8 heteroatoms. The summed E-state index contributed by atoms with van der Waals surface area (Å²) in [6, 6.07) is 6.01. The van der Waals surface area contributed by atoms with Gasteiger partial charge < -0.3 is 13.9 Å². The van der Waals surface area contributed by atoms with Gasteiger partial charge in [0.2, 0.25) is 0 Å². The maximum atomic E-state index is 13.0. The van der Waals surface area contributed by atoms with Crippen molar-refractivity contribution in [3.63, 3.8) is 0 Å². The van der Waals surface area contributed by atoms with Crippen LogP contribution in [-0.4, -0.2) is 23.4 Å². The molecule has 2 aromatic rings. The van der Waals surface area contributed by atoms with E-state index in [9.17, 15) is 14.4 Å². The Kier molecular flexibility index (Phi) is 6.23. The van der Waals surface area contributed by atoms with E-state index in [0.717, 1.165) is 4.90 Å². The van der Waals surface area contributed by atoms with E-state index in [1.54, 1.807) is 53.7 Å². The number of benzene rings is 1. The van der Waals surface area contributed by atoms with Gasteiger partial charge in [-0.3, -0.25) is 0 Å². The number of ether oxygens (including phenoxy) is 2. The van der Waals surface area contributed by atoms with Crippen molar-refractivity contribution in [2.24, 2.45) is 0 Å². The Morgan fingerprint density at radius 3 is 1.96 bits per heavy atom. The molecule has 0 bridgehead atoms. The van der Waals surface area contributed by atoms with Crippen molar-refractivity contribution >= 4 is 44.8 Å². The summed E-state index contributed by atoms with van der Waals surface area (Å²) in [5, 5.41) is 0.757. The van der Waals surface area contributed by atoms with Gasteiger partial charge in [-0.2, -0.15) is 4.90 Å². The van der Waals surface area contributed by atoms with Gasteiger partial charge in [0, 0.05) is 16.8 Å². The minimum absolute atomic E-state index is 0.238. The molecule has 2 rings (SSSR count). The molecule has 1 aromatic carbocycles. The first-order valence-electron chi connectivity index (χ1n) is 8.70. The maximum absolute atomic E-state index is 13.0. The number of amides is 2. The number of alkyl halides is 1. The number of nitrogens with zero attached hydrogens (tertiary/aromatic N) is 1. The molecule has 1 aromatic heterocycles. The highest BCUT2D eigenvalue weighted by Crippen LogP contribution is 2.34. The van der Waals surface area contributed by atoms with Crippen LogP contribution in [0, 0.1) is 0 Å². The standard InChI is InChI=1S/C20H24BrNO6/c1-19(2,3)27-17(24)22(18(25)28-20(4,5)6)16-12(11-21)7-9-14-13(16)8-10-15(23)26-14/h7-10H,11H2,1-6H3. The molecule has 152 valence electrons. The van der Waals surface area contributed by atoms with Crippen LogP contribution in [-0.2, 0) is 14.8 Å². The van der Waals surface area contributed by atoms with Crippen molar-refractivity contribution in [1.82, 2.24) is 0 Å². The van der Waals surface area contributed by atoms with Crippen molar-refractivity contribution in [1.29, 1.82) is 0 Å². The molecular formula is C20H24BrNO6. The highest BCUT2D eigenvalue weighted by atomic mass is 79.9. The lowest BCUT2D eigenvalue weighted by molar-refractivity contribution is 0.0431. The molecule has 0 spiro atoms. The predicted octanol–water partition coefficient (Wildman–Crippen LogP) is 5.36. The normalized spacial score (nSPS) is 12.0. The molecule has 0 unspecified atom stereocenters. The van der Waals surface area contributed by atoms with E-state index >= 15 is 0 Å². The molecule has 0 N–H and O–H groups in total. The Hall–Kier alpha value is -2.35. The third-order valence-electron chi connectivity index (χ3n) is 3.38. The SMILES string of the molecule is CC(C)(C)OC(=O)N(C(=O)OC(C)(C)C)c1c(CBr)ccc2oc(=O)ccc12. The second-order valence-electron chi connectivity index (χ2n) is 8.17. The monoisotopic (exact) mass is 453 g/mol. The average molecular weight is 454 g/mol. The number of imide groups is 1. The fourth-order valence-electron chi connectivity index (χ4n) is 2.42. The van der Waals surface area contributed by atoms with E-state index in [-0.39, 0.29) is 11.3 Å². The highest BCUT2D eigenvalue weighted by Gasteiger charge is 2.35. The molecule has 2 amide bonds. The van der Waals surface area contributed by atoms with Gasteiger partial charge in [0.05, 0.1) is 5.69 Å². The molecular weight excluding hydrogens is 430 g/mol. The third-order valence-corrected chi connectivity index (χ3v) is 3.98. The van der Waals surface area contributed by atoms with Crippen molar-refractivity contribution in [3.05, 3.63) is 40.2 Å². The Labute approximate surface area is 171 Å². The predicted molar refractivity (Wildman–Crippen MR) is 110 cm³/mol. The summed E-state index contributed by atoms with van der Waals surface area (Å²) in [5.41, 5.74) is -1.10. The highest BCUT2D eigenvalue weighted by molar-refractivity contribution is 9.08. The largest absolute Gasteiger partial charge is 0.443 e. The smallest absolute Gasteiger partial charge is 0.424 e. The van der Waals surface area contributed by atoms with E-state index in [2.05, 4.69) is 15.9 Å². The van der Waals surface area contributed by atoms with Crippen molar-refractivity contribution in [2.75, 3.05) is 4.90 Å². The molecule has 0 aliphatic heterocycles. The van der Waals surface area contributed by atoms with Gasteiger partial charge in [-0.15, -0.1) is 0 Å². The second-order valence-corrected chi connectivity index (χ2v) is 8.73. The van der Waals surface area contributed by atoms with E-state index in [4.69, 9.17) is 13.9 Å². The lowest BCUT2D eigenvalue weighted by atomic mass is 10.1. The van der Waals surface area contributed by atoms with Crippen LogP contribution in [0.2, 0.25) is 0 Å². The second kappa shape index (κ2) is 7.95. The molecule has 7 nitrogen and oxygen atoms in total. The van der Waals surface area contributed by atoms with Crippen LogP contribution in [0.25, 0.3) is 11.0 Å². The Morgan fingerprint density at radius 1 is 0.964 bits per heavy atom. The minimum atomic E-state index is -0.886. The van der Waals surface area contributed by atoms with Crippen molar-refractivity contribution in [2.45, 2.75) is 58.1 Å². The molecule has 28 heavy (non-hydrogen) atoms. The number of anilines is 1. The average Bonchev–Trinajstić information content (AvgIpc) is 2.51. The third kappa shape index (κ3) is 5.34. The van der Waals surface area contributed by atoms with E-state index < -0.39 is 29.0 Å². The molecule has 0 atom stereocenters. The van der Waals surface area contributed by atoms with Gasteiger partial charge in [-0.05, 0) is 59.2 Å². The van der Waals surface area contributed by atoms with Crippen LogP contribution in [0.4, 0.5) is 15.3 Å². The van der Waals surface area contributed by atoms with Crippen LogP contribution in [0.15, 0.2) is 33.5 Å². The van der Waals surface area contributed by atoms with Gasteiger partial charge >= 0.3 is 17.8 Å². The number of hydrogen-bond donors (Lipinski definition) is 0. The molecule has 0 fully saturated rings. The number of rotatable bonds is 2. The summed E-state index contributed by atoms with van der Waals surface area (Å²) in [4.78, 5) is 38.4. The first-order valence-corrected chi connectivity index (χ1v) is 9.82. The van der Waals surface area contributed by atoms with Crippen LogP contribution < -0.4 is 10.5 Å². The zero-order chi connectivity index (χ0) is 21.3. The summed E-state index contributed by atoms with van der Waals surface area (Å²) in [7, 11) is 0. The van der Waals surface area contributed by atoms with Crippen molar-refractivity contribution in [3.8, 4) is 0 Å². The van der Waals surface area contributed by atoms with Gasteiger partial charge in [-0.25, -0.2) is 14.4 Å². The molecule has 1 heterocycles. The van der Waals surface area contributed by atoms with Gasteiger partial charge in [0.1, 0.15) is 16.8 Å². The fraction of sp³-hybridized carbons (Fsp3) is 0.450. The zero-order valence-corrected chi connectivity index (χ0v) is 18.4. The molecule has 0 radical (unpaired) electrons. The first kappa shape index (κ1) is 21.9. The molecule has 0 saturated carbocycles. The minimum Gasteiger partial charge on any atom is -0.443 e. The number of halogens is 1. The zero-order valence-electron chi connectivity index (χ0n) is 16.8. The lowest BCUT2D eigenvalue weighted by Gasteiger charge is -2.30. The van der Waals surface area contributed by atoms with E-state index in [1.807, 2.05) is 0 Å². The Bertz CT molecular complexity index is 924. The maximum Gasteiger partial charge on any atom is 0.424 e. The molecule has 0 aliphatic rings. The Balaban J connectivity index is 2.73. The van der Waals surface area contributed by atoms with Crippen LogP contribution in [0.1, 0.15) is 47.1 Å². The van der Waals surface area contributed by atoms with E-state index in [0.29, 0.717) is 16.3 Å². The Morgan fingerprint density at radius 2 is 1.50 bits per heavy atom. The topological polar surface area (TPSA) is 86.1 Å². The summed E-state index contributed by atoms with van der Waals surface area (Å²) < 4.78 is 16.1. The quantitative estimate of drug-likeness (QED) is 0.448. The van der Waals surface area contributed by atoms with Crippen LogP contribution >= 0.6 is 15.9 Å². The van der Waals surface area contributed by atoms with Crippen LogP contribution in [0.3, 0.4) is 0 Å². The summed E-state index contributed by atoms with van der Waals surface area (Å²) in [6.07, 6.45) is -1.77. The number of fused-ring (bicyclic) bond motifs is 1. The van der Waals surface area contributed by atoms with Crippen molar-refractivity contribution < 1.29 is 23.5 Å². The number of carbonyl (C=O) groups is 2. The fourth-order valence-corrected chi connectivity index (χ4v) is 2.88. The summed E-state index contributed by atoms with van der Waals surface area (Å²) in [5.74, 6) is 0. The number of hydrogen-bond acceptors (Lipinski definition) is 6. The van der Waals surface area contributed by atoms with Gasteiger partial charge in [0.25, 0.3) is 0 Å². The first-order chi connectivity index (χ1) is 12.8. The molecule has 0 aliphatic carbocycles. The summed E-state index contributed by atoms with van der Waals surface area (Å²) >= 11 is 3.37. The summed E-state index contributed by atoms with van der Waals surface area (Å²) in [6.45, 7) is 10.2. The lowest BCUT2D eigenvalue weighted by Crippen LogP contribution is -2.44. The molecule has 0 saturated heterocycles. The van der Waals surface area contributed by atoms with Crippen LogP contribution in [0.5, 0.6) is 0 Å². The number of carbonyl (C=O) groups excluding carboxylic acids is 2. The van der Waals surface area contributed by atoms with E-state index in [1.165, 1.54) is 12.1 Å². The van der Waals surface area contributed by atoms with Gasteiger partial charge in [0.15, 0.2) is 0 Å².